The summed E-state index contributed by atoms with van der Waals surface area (Å²) in [6.45, 7) is 6.84. The summed E-state index contributed by atoms with van der Waals surface area (Å²) in [5.41, 5.74) is 0.780. The summed E-state index contributed by atoms with van der Waals surface area (Å²) in [5, 5.41) is 3.30. The van der Waals surface area contributed by atoms with Gasteiger partial charge in [-0.3, -0.25) is 0 Å². The molecule has 0 saturated carbocycles. The zero-order chi connectivity index (χ0) is 12.6. The zero-order valence-electron chi connectivity index (χ0n) is 10.6. The van der Waals surface area contributed by atoms with Gasteiger partial charge >= 0.3 is 0 Å². The number of hydrogen-bond acceptors (Lipinski definition) is 1. The molecule has 1 aromatic carbocycles. The van der Waals surface area contributed by atoms with Crippen molar-refractivity contribution in [3.05, 3.63) is 34.9 Å². The van der Waals surface area contributed by atoms with E-state index in [1.807, 2.05) is 13.8 Å². The molecule has 1 aromatic rings. The molecule has 3 heteroatoms. The van der Waals surface area contributed by atoms with Gasteiger partial charge in [0.15, 0.2) is 0 Å². The van der Waals surface area contributed by atoms with E-state index < -0.39 is 0 Å². The molecule has 0 saturated heterocycles. The van der Waals surface area contributed by atoms with Gasteiger partial charge < -0.3 is 5.32 Å². The molecule has 1 unspecified atom stereocenters. The first-order chi connectivity index (χ1) is 7.97. The minimum Gasteiger partial charge on any atom is -0.310 e. The van der Waals surface area contributed by atoms with Crippen molar-refractivity contribution in [2.24, 2.45) is 0 Å². The van der Waals surface area contributed by atoms with Gasteiger partial charge in [0, 0.05) is 17.2 Å². The molecule has 94 valence electrons. The number of fused-ring (bicyclic) bond motifs is 1. The highest BCUT2D eigenvalue weighted by Gasteiger charge is 2.40. The van der Waals surface area contributed by atoms with Crippen LogP contribution in [0.25, 0.3) is 0 Å². The van der Waals surface area contributed by atoms with Crippen molar-refractivity contribution < 1.29 is 8.78 Å². The fourth-order valence-electron chi connectivity index (χ4n) is 2.80. The second-order valence-corrected chi connectivity index (χ2v) is 5.41. The summed E-state index contributed by atoms with van der Waals surface area (Å²) in [4.78, 5) is 0. The highest BCUT2D eigenvalue weighted by atomic mass is 19.1. The molecule has 1 aliphatic carbocycles. The molecule has 0 aliphatic heterocycles. The second-order valence-electron chi connectivity index (χ2n) is 5.41. The van der Waals surface area contributed by atoms with Crippen LogP contribution in [0.1, 0.15) is 50.8 Å². The lowest BCUT2D eigenvalue weighted by Crippen LogP contribution is -2.22. The topological polar surface area (TPSA) is 12.0 Å². The minimum absolute atomic E-state index is 0.0596. The summed E-state index contributed by atoms with van der Waals surface area (Å²) in [6, 6.07) is 2.41. The average Bonchev–Trinajstić information content (AvgIpc) is 2.54. The van der Waals surface area contributed by atoms with Gasteiger partial charge in [0.1, 0.15) is 11.6 Å². The van der Waals surface area contributed by atoms with E-state index in [1.54, 1.807) is 0 Å². The Morgan fingerprint density at radius 1 is 1.29 bits per heavy atom. The van der Waals surface area contributed by atoms with E-state index in [1.165, 1.54) is 12.1 Å². The predicted molar refractivity (Wildman–Crippen MR) is 65.0 cm³/mol. The van der Waals surface area contributed by atoms with Crippen molar-refractivity contribution in [2.45, 2.75) is 45.1 Å². The Kier molecular flexibility index (Phi) is 3.21. The molecule has 1 N–H and O–H groups in total. The van der Waals surface area contributed by atoms with E-state index in [9.17, 15) is 8.78 Å². The number of halogens is 2. The first-order valence-electron chi connectivity index (χ1n) is 6.19. The van der Waals surface area contributed by atoms with Crippen LogP contribution in [0.2, 0.25) is 0 Å². The normalized spacial score (nSPS) is 21.6. The van der Waals surface area contributed by atoms with Gasteiger partial charge in [-0.25, -0.2) is 8.78 Å². The van der Waals surface area contributed by atoms with Crippen LogP contribution in [0.15, 0.2) is 12.1 Å². The highest BCUT2D eigenvalue weighted by Crippen LogP contribution is 2.46. The number of hydrogen-bond donors (Lipinski definition) is 1. The molecular weight excluding hydrogens is 220 g/mol. The van der Waals surface area contributed by atoms with E-state index in [0.29, 0.717) is 11.1 Å². The SMILES string of the molecule is CCCNC1CC(C)(C)c2c(F)ccc(F)c21. The van der Waals surface area contributed by atoms with E-state index in [2.05, 4.69) is 12.2 Å². The zero-order valence-corrected chi connectivity index (χ0v) is 10.6. The summed E-state index contributed by atoms with van der Waals surface area (Å²) < 4.78 is 27.8. The quantitative estimate of drug-likeness (QED) is 0.848. The van der Waals surface area contributed by atoms with Gasteiger partial charge in [-0.15, -0.1) is 0 Å². The molecule has 0 radical (unpaired) electrons. The number of rotatable bonds is 3. The maximum Gasteiger partial charge on any atom is 0.128 e. The smallest absolute Gasteiger partial charge is 0.128 e. The molecule has 0 amide bonds. The minimum atomic E-state index is -0.299. The van der Waals surface area contributed by atoms with Crippen molar-refractivity contribution in [3.8, 4) is 0 Å². The third kappa shape index (κ3) is 2.08. The monoisotopic (exact) mass is 239 g/mol. The summed E-state index contributed by atoms with van der Waals surface area (Å²) in [6.07, 6.45) is 1.74. The maximum absolute atomic E-state index is 13.9. The van der Waals surface area contributed by atoms with Gasteiger partial charge in [-0.05, 0) is 36.9 Å². The predicted octanol–water partition coefficient (Wildman–Crippen LogP) is 3.69. The van der Waals surface area contributed by atoms with Crippen LogP contribution in [0, 0.1) is 11.6 Å². The second kappa shape index (κ2) is 4.37. The van der Waals surface area contributed by atoms with Crippen molar-refractivity contribution >= 4 is 0 Å². The van der Waals surface area contributed by atoms with E-state index in [0.717, 1.165) is 19.4 Å². The Morgan fingerprint density at radius 3 is 2.59 bits per heavy atom. The third-order valence-electron chi connectivity index (χ3n) is 3.52. The summed E-state index contributed by atoms with van der Waals surface area (Å²) in [7, 11) is 0. The molecule has 0 heterocycles. The van der Waals surface area contributed by atoms with Crippen molar-refractivity contribution in [1.82, 2.24) is 5.32 Å². The molecule has 1 nitrogen and oxygen atoms in total. The van der Waals surface area contributed by atoms with Gasteiger partial charge in [0.05, 0.1) is 0 Å². The number of nitrogens with one attached hydrogen (secondary N) is 1. The molecule has 0 spiro atoms. The average molecular weight is 239 g/mol. The molecule has 1 atom stereocenters. The van der Waals surface area contributed by atoms with Gasteiger partial charge in [0.25, 0.3) is 0 Å². The van der Waals surface area contributed by atoms with Gasteiger partial charge in [-0.1, -0.05) is 20.8 Å². The van der Waals surface area contributed by atoms with E-state index >= 15 is 0 Å². The lowest BCUT2D eigenvalue weighted by Gasteiger charge is -2.19. The Bertz CT molecular complexity index is 426. The first-order valence-corrected chi connectivity index (χ1v) is 6.19. The van der Waals surface area contributed by atoms with Crippen LogP contribution in [0.3, 0.4) is 0 Å². The van der Waals surface area contributed by atoms with Gasteiger partial charge in [0.2, 0.25) is 0 Å². The highest BCUT2D eigenvalue weighted by molar-refractivity contribution is 5.43. The van der Waals surface area contributed by atoms with Crippen molar-refractivity contribution in [1.29, 1.82) is 0 Å². The molecular formula is C14H19F2N. The lowest BCUT2D eigenvalue weighted by atomic mass is 9.86. The van der Waals surface area contributed by atoms with Crippen LogP contribution in [0.5, 0.6) is 0 Å². The lowest BCUT2D eigenvalue weighted by molar-refractivity contribution is 0.416. The Hall–Kier alpha value is -0.960. The van der Waals surface area contributed by atoms with E-state index in [-0.39, 0.29) is 23.1 Å². The van der Waals surface area contributed by atoms with E-state index in [4.69, 9.17) is 0 Å². The van der Waals surface area contributed by atoms with Gasteiger partial charge in [-0.2, -0.15) is 0 Å². The molecule has 0 bridgehead atoms. The van der Waals surface area contributed by atoms with Crippen LogP contribution in [0.4, 0.5) is 8.78 Å². The molecule has 1 aliphatic rings. The fraction of sp³-hybridized carbons (Fsp3) is 0.571. The first kappa shape index (κ1) is 12.5. The summed E-state index contributed by atoms with van der Waals surface area (Å²) >= 11 is 0. The fourth-order valence-corrected chi connectivity index (χ4v) is 2.80. The van der Waals surface area contributed by atoms with Crippen LogP contribution >= 0.6 is 0 Å². The molecule has 0 fully saturated rings. The Balaban J connectivity index is 2.45. The number of benzene rings is 1. The van der Waals surface area contributed by atoms with Crippen LogP contribution < -0.4 is 5.32 Å². The maximum atomic E-state index is 13.9. The largest absolute Gasteiger partial charge is 0.310 e. The molecule has 17 heavy (non-hydrogen) atoms. The van der Waals surface area contributed by atoms with Crippen molar-refractivity contribution in [2.75, 3.05) is 6.54 Å². The summed E-state index contributed by atoms with van der Waals surface area (Å²) in [5.74, 6) is -0.576. The Labute approximate surface area is 101 Å². The molecule has 2 rings (SSSR count). The Morgan fingerprint density at radius 2 is 1.94 bits per heavy atom. The van der Waals surface area contributed by atoms with Crippen LogP contribution in [-0.2, 0) is 5.41 Å². The molecule has 0 aromatic heterocycles. The van der Waals surface area contributed by atoms with Crippen molar-refractivity contribution in [3.63, 3.8) is 0 Å². The standard InChI is InChI=1S/C14H19F2N/c1-4-7-17-11-8-14(2,3)13-10(16)6-5-9(15)12(11)13/h5-6,11,17H,4,7-8H2,1-3H3. The van der Waals surface area contributed by atoms with Crippen LogP contribution in [-0.4, -0.2) is 6.54 Å². The third-order valence-corrected chi connectivity index (χ3v) is 3.52.